The van der Waals surface area contributed by atoms with Gasteiger partial charge < -0.3 is 25.1 Å². The van der Waals surface area contributed by atoms with Crippen LogP contribution in [0.1, 0.15) is 42.6 Å². The van der Waals surface area contributed by atoms with E-state index in [1.807, 2.05) is 23.6 Å². The molecule has 1 unspecified atom stereocenters. The highest BCUT2D eigenvalue weighted by atomic mass is 35.5. The summed E-state index contributed by atoms with van der Waals surface area (Å²) in [6.07, 6.45) is 2.48. The van der Waals surface area contributed by atoms with E-state index in [2.05, 4.69) is 5.32 Å². The number of nitrogens with zero attached hydrogens (tertiary/aromatic N) is 4. The SMILES string of the molecule is CCC1C(=O)Nc2c(Cl)ccc3cc(-c4nc5cc(C(=O)N6C[C@H]7CC[C@@H]6[C@@H]7N)cc(F)c5n4C)n1c23. The molecule has 2 fully saturated rings. The van der Waals surface area contributed by atoms with E-state index < -0.39 is 11.9 Å². The van der Waals surface area contributed by atoms with Crippen LogP contribution in [0.2, 0.25) is 5.02 Å². The number of fused-ring (bicyclic) bond motifs is 3. The van der Waals surface area contributed by atoms with Crippen molar-refractivity contribution in [1.82, 2.24) is 19.0 Å². The lowest BCUT2D eigenvalue weighted by molar-refractivity contribution is -0.119. The molecule has 7 rings (SSSR count). The Kier molecular flexibility index (Phi) is 4.79. The number of aromatic nitrogens is 3. The van der Waals surface area contributed by atoms with Gasteiger partial charge in [-0.1, -0.05) is 24.6 Å². The topological polar surface area (TPSA) is 98.2 Å². The number of carbonyl (C=O) groups excluding carboxylic acids is 2. The minimum Gasteiger partial charge on any atom is -0.334 e. The molecule has 0 spiro atoms. The van der Waals surface area contributed by atoms with Gasteiger partial charge >= 0.3 is 0 Å². The number of likely N-dealkylation sites (tertiary alicyclic amines) is 1. The summed E-state index contributed by atoms with van der Waals surface area (Å²) in [5, 5.41) is 4.29. The molecule has 4 aromatic rings. The molecule has 1 saturated carbocycles. The number of nitrogens with two attached hydrogens (primary N) is 1. The van der Waals surface area contributed by atoms with Gasteiger partial charge in [-0.3, -0.25) is 9.59 Å². The third-order valence-corrected chi connectivity index (χ3v) is 8.83. The standard InChI is InChI=1S/C27H26ClFN6O2/c1-3-18-26(36)32-22-15(28)6-4-12-10-20(35(18)23(12)22)25-31-17-9-14(8-16(29)24(17)33(25)2)27(37)34-11-13-5-7-19(34)21(13)30/h4,6,8-10,13,18-19,21H,3,5,7,11,30H2,1-2H3,(H,32,36)/t13-,18?,19-,21-/m1/s1. The number of aryl methyl sites for hydroxylation is 1. The zero-order chi connectivity index (χ0) is 25.7. The summed E-state index contributed by atoms with van der Waals surface area (Å²) in [6.45, 7) is 2.56. The normalized spacial score (nSPS) is 24.5. The maximum atomic E-state index is 15.5. The number of halogens is 2. The number of carbonyl (C=O) groups is 2. The van der Waals surface area contributed by atoms with Gasteiger partial charge in [-0.05, 0) is 49.4 Å². The molecule has 37 heavy (non-hydrogen) atoms. The Labute approximate surface area is 217 Å². The molecule has 2 aliphatic heterocycles. The number of anilines is 1. The number of imidazole rings is 1. The van der Waals surface area contributed by atoms with Gasteiger partial charge in [0.2, 0.25) is 5.91 Å². The average Bonchev–Trinajstić information content (AvgIpc) is 3.61. The van der Waals surface area contributed by atoms with Gasteiger partial charge in [-0.2, -0.15) is 0 Å². The minimum atomic E-state index is -0.515. The van der Waals surface area contributed by atoms with Gasteiger partial charge in [-0.25, -0.2) is 9.37 Å². The van der Waals surface area contributed by atoms with Crippen LogP contribution in [-0.2, 0) is 11.8 Å². The molecule has 1 saturated heterocycles. The number of rotatable bonds is 3. The van der Waals surface area contributed by atoms with Gasteiger partial charge in [0.25, 0.3) is 5.91 Å². The van der Waals surface area contributed by atoms with E-state index in [4.69, 9.17) is 22.3 Å². The summed E-state index contributed by atoms with van der Waals surface area (Å²) in [7, 11) is 1.75. The van der Waals surface area contributed by atoms with Crippen molar-refractivity contribution in [3.63, 3.8) is 0 Å². The van der Waals surface area contributed by atoms with Gasteiger partial charge in [0.05, 0.1) is 27.4 Å². The Morgan fingerprint density at radius 1 is 1.24 bits per heavy atom. The first-order chi connectivity index (χ1) is 17.8. The number of hydrogen-bond donors (Lipinski definition) is 2. The first kappa shape index (κ1) is 22.7. The van der Waals surface area contributed by atoms with Crippen molar-refractivity contribution in [2.24, 2.45) is 18.7 Å². The number of piperidine rings is 1. The van der Waals surface area contributed by atoms with Crippen LogP contribution < -0.4 is 11.1 Å². The molecular formula is C27H26ClFN6O2. The van der Waals surface area contributed by atoms with Crippen molar-refractivity contribution in [1.29, 1.82) is 0 Å². The van der Waals surface area contributed by atoms with E-state index in [-0.39, 0.29) is 29.5 Å². The second-order valence-corrected chi connectivity index (χ2v) is 10.8. The molecule has 190 valence electrons. The highest BCUT2D eigenvalue weighted by Gasteiger charge is 2.47. The monoisotopic (exact) mass is 520 g/mol. The van der Waals surface area contributed by atoms with Crippen molar-refractivity contribution in [3.8, 4) is 11.5 Å². The van der Waals surface area contributed by atoms with E-state index in [0.717, 1.165) is 23.7 Å². The largest absolute Gasteiger partial charge is 0.334 e. The van der Waals surface area contributed by atoms with E-state index in [1.54, 1.807) is 28.6 Å². The fraction of sp³-hybridized carbons (Fsp3) is 0.370. The van der Waals surface area contributed by atoms with Crippen LogP contribution in [0.5, 0.6) is 0 Å². The average molecular weight is 521 g/mol. The maximum absolute atomic E-state index is 15.5. The highest BCUT2D eigenvalue weighted by molar-refractivity contribution is 6.36. The Morgan fingerprint density at radius 3 is 2.76 bits per heavy atom. The second kappa shape index (κ2) is 7.79. The lowest BCUT2D eigenvalue weighted by Gasteiger charge is -2.27. The minimum absolute atomic E-state index is 0.00921. The Hall–Kier alpha value is -3.43. The Balaban J connectivity index is 1.38. The quantitative estimate of drug-likeness (QED) is 0.417. The molecule has 2 aromatic carbocycles. The molecule has 3 aliphatic rings. The molecule has 8 nitrogen and oxygen atoms in total. The molecule has 2 bridgehead atoms. The summed E-state index contributed by atoms with van der Waals surface area (Å²) < 4.78 is 19.2. The molecule has 3 N–H and O–H groups in total. The smallest absolute Gasteiger partial charge is 0.254 e. The van der Waals surface area contributed by atoms with E-state index in [1.165, 1.54) is 6.07 Å². The molecule has 4 atom stereocenters. The molecular weight excluding hydrogens is 495 g/mol. The zero-order valence-electron chi connectivity index (χ0n) is 20.5. The molecule has 2 aromatic heterocycles. The number of nitrogens with one attached hydrogen (secondary N) is 1. The van der Waals surface area contributed by atoms with Gasteiger partial charge in [0, 0.05) is 36.6 Å². The van der Waals surface area contributed by atoms with E-state index >= 15 is 4.39 Å². The maximum Gasteiger partial charge on any atom is 0.254 e. The zero-order valence-corrected chi connectivity index (χ0v) is 21.2. The van der Waals surface area contributed by atoms with Gasteiger partial charge in [0.1, 0.15) is 17.4 Å². The molecule has 10 heteroatoms. The van der Waals surface area contributed by atoms with Crippen LogP contribution in [0.15, 0.2) is 30.3 Å². The van der Waals surface area contributed by atoms with Gasteiger partial charge in [0.15, 0.2) is 5.82 Å². The van der Waals surface area contributed by atoms with Crippen molar-refractivity contribution in [2.75, 3.05) is 11.9 Å². The van der Waals surface area contributed by atoms with Crippen LogP contribution >= 0.6 is 11.6 Å². The fourth-order valence-corrected chi connectivity index (χ4v) is 6.90. The number of amides is 2. The summed E-state index contributed by atoms with van der Waals surface area (Å²) >= 11 is 6.43. The van der Waals surface area contributed by atoms with Crippen molar-refractivity contribution < 1.29 is 14.0 Å². The summed E-state index contributed by atoms with van der Waals surface area (Å²) in [5.74, 6) is -0.0586. The molecule has 2 amide bonds. The van der Waals surface area contributed by atoms with Crippen molar-refractivity contribution in [3.05, 3.63) is 46.7 Å². The lowest BCUT2D eigenvalue weighted by atomic mass is 10.1. The Morgan fingerprint density at radius 2 is 2.05 bits per heavy atom. The molecule has 1 aliphatic carbocycles. The van der Waals surface area contributed by atoms with E-state index in [9.17, 15) is 9.59 Å². The highest BCUT2D eigenvalue weighted by Crippen LogP contribution is 2.43. The third kappa shape index (κ3) is 3.01. The second-order valence-electron chi connectivity index (χ2n) is 10.4. The summed E-state index contributed by atoms with van der Waals surface area (Å²) in [5.41, 5.74) is 9.33. The predicted octanol–water partition coefficient (Wildman–Crippen LogP) is 4.45. The predicted molar refractivity (Wildman–Crippen MR) is 140 cm³/mol. The number of hydrogen-bond acceptors (Lipinski definition) is 4. The van der Waals surface area contributed by atoms with Crippen molar-refractivity contribution >= 4 is 51.0 Å². The fourth-order valence-electron chi connectivity index (χ4n) is 6.70. The van der Waals surface area contributed by atoms with Crippen LogP contribution in [-0.4, -0.2) is 49.5 Å². The van der Waals surface area contributed by atoms with Crippen LogP contribution in [0.4, 0.5) is 10.1 Å². The first-order valence-electron chi connectivity index (χ1n) is 12.7. The first-order valence-corrected chi connectivity index (χ1v) is 13.0. The summed E-state index contributed by atoms with van der Waals surface area (Å²) in [6, 6.07) is 8.10. The molecule has 0 radical (unpaired) electrons. The molecule has 4 heterocycles. The number of benzene rings is 2. The van der Waals surface area contributed by atoms with Crippen molar-refractivity contribution in [2.45, 2.75) is 44.3 Å². The van der Waals surface area contributed by atoms with Crippen LogP contribution in [0.3, 0.4) is 0 Å². The lowest BCUT2D eigenvalue weighted by Crippen LogP contribution is -2.41. The van der Waals surface area contributed by atoms with Crippen LogP contribution in [0, 0.1) is 11.7 Å². The van der Waals surface area contributed by atoms with Crippen LogP contribution in [0.25, 0.3) is 33.5 Å². The van der Waals surface area contributed by atoms with E-state index in [0.29, 0.717) is 52.1 Å². The third-order valence-electron chi connectivity index (χ3n) is 8.51. The summed E-state index contributed by atoms with van der Waals surface area (Å²) in [4.78, 5) is 32.9. The van der Waals surface area contributed by atoms with Gasteiger partial charge in [-0.15, -0.1) is 0 Å². The Bertz CT molecular complexity index is 1660.